The van der Waals surface area contributed by atoms with Gasteiger partial charge in [0.15, 0.2) is 11.6 Å². The summed E-state index contributed by atoms with van der Waals surface area (Å²) in [5.41, 5.74) is 1.23. The monoisotopic (exact) mass is 341 g/mol. The van der Waals surface area contributed by atoms with Gasteiger partial charge < -0.3 is 9.84 Å². The molecule has 122 valence electrons. The number of hydrogen-bond donors (Lipinski definition) is 1. The number of nitrogens with zero attached hydrogens (tertiary/aromatic N) is 2. The van der Waals surface area contributed by atoms with Gasteiger partial charge >= 0.3 is 0 Å². The van der Waals surface area contributed by atoms with E-state index in [0.717, 1.165) is 0 Å². The summed E-state index contributed by atoms with van der Waals surface area (Å²) in [6.45, 7) is 1.73. The minimum atomic E-state index is -0.227. The van der Waals surface area contributed by atoms with Gasteiger partial charge in [-0.25, -0.2) is 0 Å². The Balaban J connectivity index is 1.60. The van der Waals surface area contributed by atoms with Crippen LogP contribution in [0.3, 0.4) is 0 Å². The zero-order valence-electron chi connectivity index (χ0n) is 13.0. The fourth-order valence-corrected chi connectivity index (χ4v) is 2.94. The van der Waals surface area contributed by atoms with Crippen LogP contribution in [0, 0.1) is 6.92 Å². The zero-order chi connectivity index (χ0) is 16.9. The molecule has 6 nitrogen and oxygen atoms in total. The number of hydrogen-bond acceptors (Lipinski definition) is 6. The summed E-state index contributed by atoms with van der Waals surface area (Å²) >= 11 is 1.40. The van der Waals surface area contributed by atoms with Crippen molar-refractivity contribution in [1.82, 2.24) is 10.1 Å². The first kappa shape index (κ1) is 16.1. The van der Waals surface area contributed by atoms with Gasteiger partial charge in [-0.15, -0.1) is 11.3 Å². The van der Waals surface area contributed by atoms with Crippen molar-refractivity contribution in [2.45, 2.75) is 19.8 Å². The van der Waals surface area contributed by atoms with E-state index in [0.29, 0.717) is 27.8 Å². The molecule has 24 heavy (non-hydrogen) atoms. The van der Waals surface area contributed by atoms with Gasteiger partial charge in [-0.3, -0.25) is 9.59 Å². The van der Waals surface area contributed by atoms with E-state index in [1.54, 1.807) is 37.3 Å². The highest BCUT2D eigenvalue weighted by Gasteiger charge is 2.16. The summed E-state index contributed by atoms with van der Waals surface area (Å²) in [7, 11) is 0. The van der Waals surface area contributed by atoms with Gasteiger partial charge in [-0.2, -0.15) is 4.98 Å². The van der Waals surface area contributed by atoms with Crippen molar-refractivity contribution in [3.8, 4) is 10.8 Å². The molecular formula is C17H15N3O3S. The van der Waals surface area contributed by atoms with Crippen molar-refractivity contribution in [2.24, 2.45) is 0 Å². The number of amides is 1. The molecule has 0 spiro atoms. The molecule has 2 heterocycles. The fraction of sp³-hybridized carbons (Fsp3) is 0.176. The summed E-state index contributed by atoms with van der Waals surface area (Å²) in [6, 6.07) is 10.7. The van der Waals surface area contributed by atoms with E-state index in [2.05, 4.69) is 15.5 Å². The van der Waals surface area contributed by atoms with Crippen LogP contribution in [0.15, 0.2) is 46.3 Å². The first-order chi connectivity index (χ1) is 11.6. The second-order valence-electron chi connectivity index (χ2n) is 5.15. The van der Waals surface area contributed by atoms with Crippen LogP contribution in [0.1, 0.15) is 29.0 Å². The smallest absolute Gasteiger partial charge is 0.270 e. The average molecular weight is 341 g/mol. The number of rotatable bonds is 6. The molecule has 0 bridgehead atoms. The molecule has 0 radical (unpaired) electrons. The number of aryl methyl sites for hydroxylation is 1. The van der Waals surface area contributed by atoms with Gasteiger partial charge in [0.1, 0.15) is 4.88 Å². The van der Waals surface area contributed by atoms with E-state index < -0.39 is 0 Å². The Morgan fingerprint density at radius 2 is 1.96 bits per heavy atom. The number of carbonyl (C=O) groups is 2. The first-order valence-electron chi connectivity index (χ1n) is 7.40. The van der Waals surface area contributed by atoms with E-state index >= 15 is 0 Å². The molecule has 3 rings (SSSR count). The third kappa shape index (κ3) is 3.75. The standard InChI is InChI=1S/C17H15N3O3S/c1-11-18-17(23-20-11)16-13(9-10-24-16)19-15(22)8-7-14(21)12-5-3-2-4-6-12/h2-6,9-10H,7-8H2,1H3,(H,19,22). The maximum atomic E-state index is 12.1. The average Bonchev–Trinajstić information content (AvgIpc) is 3.22. The Kier molecular flexibility index (Phi) is 4.81. The predicted molar refractivity (Wildman–Crippen MR) is 91.0 cm³/mol. The summed E-state index contributed by atoms with van der Waals surface area (Å²) in [6.07, 6.45) is 0.279. The van der Waals surface area contributed by atoms with E-state index in [9.17, 15) is 9.59 Å². The molecule has 0 aliphatic rings. The topological polar surface area (TPSA) is 85.1 Å². The van der Waals surface area contributed by atoms with Gasteiger partial charge in [0.2, 0.25) is 5.91 Å². The lowest BCUT2D eigenvalue weighted by atomic mass is 10.1. The van der Waals surface area contributed by atoms with Gasteiger partial charge in [0.05, 0.1) is 5.69 Å². The van der Waals surface area contributed by atoms with Crippen LogP contribution in [0.25, 0.3) is 10.8 Å². The molecule has 3 aromatic rings. The van der Waals surface area contributed by atoms with Crippen molar-refractivity contribution < 1.29 is 14.1 Å². The molecular weight excluding hydrogens is 326 g/mol. The fourth-order valence-electron chi connectivity index (χ4n) is 2.17. The van der Waals surface area contributed by atoms with Crippen LogP contribution in [0.2, 0.25) is 0 Å². The number of anilines is 1. The Morgan fingerprint density at radius 1 is 1.17 bits per heavy atom. The quantitative estimate of drug-likeness (QED) is 0.691. The maximum absolute atomic E-state index is 12.1. The SMILES string of the molecule is Cc1noc(-c2sccc2NC(=O)CCC(=O)c2ccccc2)n1. The van der Waals surface area contributed by atoms with E-state index in [1.807, 2.05) is 11.4 Å². The third-order valence-electron chi connectivity index (χ3n) is 3.34. The Morgan fingerprint density at radius 3 is 2.67 bits per heavy atom. The molecule has 0 aliphatic carbocycles. The molecule has 2 aromatic heterocycles. The van der Waals surface area contributed by atoms with Gasteiger partial charge in [0, 0.05) is 18.4 Å². The second-order valence-corrected chi connectivity index (χ2v) is 6.06. The molecule has 7 heteroatoms. The maximum Gasteiger partial charge on any atom is 0.270 e. The number of aromatic nitrogens is 2. The van der Waals surface area contributed by atoms with Crippen molar-refractivity contribution in [2.75, 3.05) is 5.32 Å². The van der Waals surface area contributed by atoms with Crippen molar-refractivity contribution in [3.05, 3.63) is 53.2 Å². The van der Waals surface area contributed by atoms with Crippen molar-refractivity contribution in [3.63, 3.8) is 0 Å². The highest BCUT2D eigenvalue weighted by molar-refractivity contribution is 7.14. The summed E-state index contributed by atoms with van der Waals surface area (Å²) in [5.74, 6) is 0.626. The highest BCUT2D eigenvalue weighted by Crippen LogP contribution is 2.32. The predicted octanol–water partition coefficient (Wildman–Crippen LogP) is 3.71. The van der Waals surface area contributed by atoms with Gasteiger partial charge in [-0.1, -0.05) is 35.5 Å². The van der Waals surface area contributed by atoms with Gasteiger partial charge in [-0.05, 0) is 18.4 Å². The van der Waals surface area contributed by atoms with Crippen LogP contribution < -0.4 is 5.32 Å². The Bertz CT molecular complexity index is 855. The van der Waals surface area contributed by atoms with E-state index in [-0.39, 0.29) is 24.5 Å². The Labute approximate surface area is 142 Å². The molecule has 1 amide bonds. The minimum absolute atomic E-state index is 0.0520. The molecule has 0 aliphatic heterocycles. The number of nitrogens with one attached hydrogen (secondary N) is 1. The van der Waals surface area contributed by atoms with Crippen molar-refractivity contribution >= 4 is 28.7 Å². The van der Waals surface area contributed by atoms with Crippen LogP contribution >= 0.6 is 11.3 Å². The number of ketones is 1. The molecule has 0 atom stereocenters. The molecule has 0 saturated heterocycles. The number of carbonyl (C=O) groups excluding carboxylic acids is 2. The number of Topliss-reactive ketones (excluding diaryl/α,β-unsaturated/α-hetero) is 1. The molecule has 0 fully saturated rings. The van der Waals surface area contributed by atoms with E-state index in [4.69, 9.17) is 4.52 Å². The summed E-state index contributed by atoms with van der Waals surface area (Å²) < 4.78 is 5.13. The minimum Gasteiger partial charge on any atom is -0.333 e. The zero-order valence-corrected chi connectivity index (χ0v) is 13.8. The van der Waals surface area contributed by atoms with Crippen LogP contribution in [0.4, 0.5) is 5.69 Å². The lowest BCUT2D eigenvalue weighted by Gasteiger charge is -2.04. The summed E-state index contributed by atoms with van der Waals surface area (Å²) in [4.78, 5) is 29.0. The van der Waals surface area contributed by atoms with Gasteiger partial charge in [0.25, 0.3) is 5.89 Å². The number of thiophene rings is 1. The first-order valence-corrected chi connectivity index (χ1v) is 8.28. The Hall–Kier alpha value is -2.80. The molecule has 0 saturated carbocycles. The van der Waals surface area contributed by atoms with E-state index in [1.165, 1.54) is 11.3 Å². The number of benzene rings is 1. The summed E-state index contributed by atoms with van der Waals surface area (Å²) in [5, 5.41) is 8.38. The van der Waals surface area contributed by atoms with Crippen LogP contribution in [0.5, 0.6) is 0 Å². The second kappa shape index (κ2) is 7.18. The lowest BCUT2D eigenvalue weighted by Crippen LogP contribution is -2.13. The van der Waals surface area contributed by atoms with Crippen LogP contribution in [-0.4, -0.2) is 21.8 Å². The normalized spacial score (nSPS) is 10.5. The van der Waals surface area contributed by atoms with Crippen LogP contribution in [-0.2, 0) is 4.79 Å². The highest BCUT2D eigenvalue weighted by atomic mass is 32.1. The molecule has 0 unspecified atom stereocenters. The molecule has 1 N–H and O–H groups in total. The molecule has 1 aromatic carbocycles. The third-order valence-corrected chi connectivity index (χ3v) is 4.24. The lowest BCUT2D eigenvalue weighted by molar-refractivity contribution is -0.116. The van der Waals surface area contributed by atoms with Crippen molar-refractivity contribution in [1.29, 1.82) is 0 Å². The largest absolute Gasteiger partial charge is 0.333 e.